The van der Waals surface area contributed by atoms with Crippen LogP contribution in [0.5, 0.6) is 0 Å². The molecule has 6 heteroatoms. The summed E-state index contributed by atoms with van der Waals surface area (Å²) >= 11 is 0. The highest BCUT2D eigenvalue weighted by atomic mass is 16.4. The zero-order valence-electron chi connectivity index (χ0n) is 11.9. The van der Waals surface area contributed by atoms with Gasteiger partial charge in [0.2, 0.25) is 0 Å². The molecule has 2 amide bonds. The molecule has 0 fully saturated rings. The van der Waals surface area contributed by atoms with Crippen molar-refractivity contribution in [1.29, 1.82) is 0 Å². The van der Waals surface area contributed by atoms with Gasteiger partial charge in [-0.1, -0.05) is 6.92 Å². The molecule has 0 saturated carbocycles. The van der Waals surface area contributed by atoms with E-state index in [1.807, 2.05) is 19.1 Å². The van der Waals surface area contributed by atoms with E-state index < -0.39 is 11.9 Å². The molecule has 0 bridgehead atoms. The van der Waals surface area contributed by atoms with Crippen molar-refractivity contribution in [2.45, 2.75) is 39.2 Å². The number of nitrogens with one attached hydrogen (secondary N) is 2. The summed E-state index contributed by atoms with van der Waals surface area (Å²) in [4.78, 5) is 22.4. The molecule has 2 atom stereocenters. The molecule has 2 unspecified atom stereocenters. The van der Waals surface area contributed by atoms with Crippen molar-refractivity contribution in [2.75, 3.05) is 6.54 Å². The maximum absolute atomic E-state index is 11.6. The maximum atomic E-state index is 11.6. The van der Waals surface area contributed by atoms with Gasteiger partial charge < -0.3 is 20.2 Å². The molecule has 0 aromatic carbocycles. The predicted octanol–water partition coefficient (Wildman–Crippen LogP) is 2.01. The first-order valence-electron chi connectivity index (χ1n) is 6.82. The third kappa shape index (κ3) is 5.77. The van der Waals surface area contributed by atoms with Crippen molar-refractivity contribution in [3.05, 3.63) is 24.2 Å². The number of carboxylic acid groups (broad SMARTS) is 1. The minimum absolute atomic E-state index is 0.00926. The minimum atomic E-state index is -0.890. The van der Waals surface area contributed by atoms with Crippen molar-refractivity contribution in [3.63, 3.8) is 0 Å². The van der Waals surface area contributed by atoms with Gasteiger partial charge in [0.05, 0.1) is 12.2 Å². The van der Waals surface area contributed by atoms with Crippen molar-refractivity contribution >= 4 is 12.0 Å². The summed E-state index contributed by atoms with van der Waals surface area (Å²) < 4.78 is 5.22. The molecule has 0 radical (unpaired) electrons. The van der Waals surface area contributed by atoms with E-state index in [1.54, 1.807) is 13.2 Å². The normalized spacial score (nSPS) is 13.5. The van der Waals surface area contributed by atoms with Crippen molar-refractivity contribution in [1.82, 2.24) is 10.6 Å². The summed E-state index contributed by atoms with van der Waals surface area (Å²) in [6.07, 6.45) is 3.62. The summed E-state index contributed by atoms with van der Waals surface area (Å²) in [6, 6.07) is 3.38. The molecule has 20 heavy (non-hydrogen) atoms. The van der Waals surface area contributed by atoms with Crippen LogP contribution in [0.4, 0.5) is 4.79 Å². The second kappa shape index (κ2) is 8.24. The number of aliphatic carboxylic acids is 1. The van der Waals surface area contributed by atoms with Crippen LogP contribution in [0.25, 0.3) is 0 Å². The number of hydrogen-bond donors (Lipinski definition) is 3. The van der Waals surface area contributed by atoms with Crippen LogP contribution in [0.3, 0.4) is 0 Å². The van der Waals surface area contributed by atoms with Crippen LogP contribution >= 0.6 is 0 Å². The molecule has 1 rings (SSSR count). The van der Waals surface area contributed by atoms with Crippen molar-refractivity contribution < 1.29 is 19.1 Å². The van der Waals surface area contributed by atoms with E-state index in [-0.39, 0.29) is 18.6 Å². The molecule has 0 aliphatic carbocycles. The molecular formula is C14H22N2O4. The van der Waals surface area contributed by atoms with E-state index in [2.05, 4.69) is 10.6 Å². The number of hydrogen-bond acceptors (Lipinski definition) is 3. The van der Waals surface area contributed by atoms with Crippen molar-refractivity contribution in [3.8, 4) is 0 Å². The number of furan rings is 1. The Morgan fingerprint density at radius 2 is 2.20 bits per heavy atom. The Labute approximate surface area is 118 Å². The first kappa shape index (κ1) is 16.1. The van der Waals surface area contributed by atoms with Crippen LogP contribution in [-0.2, 0) is 11.2 Å². The number of carbonyl (C=O) groups excluding carboxylic acids is 1. The minimum Gasteiger partial charge on any atom is -0.481 e. The maximum Gasteiger partial charge on any atom is 0.315 e. The molecule has 0 aliphatic rings. The van der Waals surface area contributed by atoms with Crippen LogP contribution in [0.1, 0.15) is 32.4 Å². The van der Waals surface area contributed by atoms with E-state index in [0.717, 1.165) is 18.6 Å². The van der Waals surface area contributed by atoms with E-state index >= 15 is 0 Å². The zero-order valence-corrected chi connectivity index (χ0v) is 11.9. The second-order valence-electron chi connectivity index (χ2n) is 4.82. The molecule has 1 heterocycles. The highest BCUT2D eigenvalue weighted by Gasteiger charge is 2.16. The van der Waals surface area contributed by atoms with E-state index in [4.69, 9.17) is 9.52 Å². The Balaban J connectivity index is 2.22. The van der Waals surface area contributed by atoms with Gasteiger partial charge in [0, 0.05) is 19.0 Å². The number of rotatable bonds is 8. The molecule has 0 aliphatic heterocycles. The third-order valence-electron chi connectivity index (χ3n) is 3.13. The molecule has 1 aromatic heterocycles. The first-order valence-corrected chi connectivity index (χ1v) is 6.82. The summed E-state index contributed by atoms with van der Waals surface area (Å²) in [6.45, 7) is 3.82. The third-order valence-corrected chi connectivity index (χ3v) is 3.13. The lowest BCUT2D eigenvalue weighted by Crippen LogP contribution is -2.43. The summed E-state index contributed by atoms with van der Waals surface area (Å²) in [7, 11) is 0. The molecule has 112 valence electrons. The number of urea groups is 1. The lowest BCUT2D eigenvalue weighted by molar-refractivity contribution is -0.141. The predicted molar refractivity (Wildman–Crippen MR) is 74.4 cm³/mol. The fraction of sp³-hybridized carbons (Fsp3) is 0.571. The largest absolute Gasteiger partial charge is 0.481 e. The smallest absolute Gasteiger partial charge is 0.315 e. The molecule has 0 saturated heterocycles. The van der Waals surface area contributed by atoms with Gasteiger partial charge in [0.1, 0.15) is 5.76 Å². The molecule has 6 nitrogen and oxygen atoms in total. The van der Waals surface area contributed by atoms with Crippen LogP contribution in [-0.4, -0.2) is 29.7 Å². The van der Waals surface area contributed by atoms with Crippen molar-refractivity contribution in [2.24, 2.45) is 5.92 Å². The Bertz CT molecular complexity index is 417. The first-order chi connectivity index (χ1) is 9.52. The number of carboxylic acids is 1. The number of aryl methyl sites for hydroxylation is 1. The fourth-order valence-electron chi connectivity index (χ4n) is 1.78. The molecular weight excluding hydrogens is 260 g/mol. The highest BCUT2D eigenvalue weighted by Crippen LogP contribution is 2.05. The Hall–Kier alpha value is -1.98. The molecule has 3 N–H and O–H groups in total. The SMILES string of the molecule is CCC(CNC(=O)NC(C)CCc1ccco1)C(=O)O. The lowest BCUT2D eigenvalue weighted by Gasteiger charge is -2.16. The Morgan fingerprint density at radius 1 is 1.45 bits per heavy atom. The summed E-state index contributed by atoms with van der Waals surface area (Å²) in [5, 5.41) is 14.2. The van der Waals surface area contributed by atoms with E-state index in [0.29, 0.717) is 6.42 Å². The van der Waals surface area contributed by atoms with Crippen LogP contribution in [0.2, 0.25) is 0 Å². The van der Waals surface area contributed by atoms with Gasteiger partial charge in [-0.3, -0.25) is 4.79 Å². The van der Waals surface area contributed by atoms with Gasteiger partial charge in [0.15, 0.2) is 0 Å². The summed E-state index contributed by atoms with van der Waals surface area (Å²) in [5.41, 5.74) is 0. The lowest BCUT2D eigenvalue weighted by atomic mass is 10.1. The summed E-state index contributed by atoms with van der Waals surface area (Å²) in [5.74, 6) is -0.547. The standard InChI is InChI=1S/C14H22N2O4/c1-3-11(13(17)18)9-15-14(19)16-10(2)6-7-12-5-4-8-20-12/h4-5,8,10-11H,3,6-7,9H2,1-2H3,(H,17,18)(H2,15,16,19). The fourth-order valence-corrected chi connectivity index (χ4v) is 1.78. The van der Waals surface area contributed by atoms with Gasteiger partial charge in [0.25, 0.3) is 0 Å². The number of amides is 2. The molecule has 1 aromatic rings. The Kier molecular flexibility index (Phi) is 6.63. The highest BCUT2D eigenvalue weighted by molar-refractivity contribution is 5.76. The molecule has 0 spiro atoms. The zero-order chi connectivity index (χ0) is 15.0. The van der Waals surface area contributed by atoms with Gasteiger partial charge in [-0.05, 0) is 31.9 Å². The van der Waals surface area contributed by atoms with E-state index in [1.165, 1.54) is 0 Å². The van der Waals surface area contributed by atoms with E-state index in [9.17, 15) is 9.59 Å². The van der Waals surface area contributed by atoms with Crippen LogP contribution in [0.15, 0.2) is 22.8 Å². The van der Waals surface area contributed by atoms with Crippen LogP contribution < -0.4 is 10.6 Å². The monoisotopic (exact) mass is 282 g/mol. The van der Waals surface area contributed by atoms with Crippen LogP contribution in [0, 0.1) is 5.92 Å². The van der Waals surface area contributed by atoms with Gasteiger partial charge in [-0.15, -0.1) is 0 Å². The average Bonchev–Trinajstić information content (AvgIpc) is 2.89. The number of carbonyl (C=O) groups is 2. The quantitative estimate of drug-likeness (QED) is 0.680. The Morgan fingerprint density at radius 3 is 2.75 bits per heavy atom. The average molecular weight is 282 g/mol. The second-order valence-corrected chi connectivity index (χ2v) is 4.82. The van der Waals surface area contributed by atoms with Gasteiger partial charge >= 0.3 is 12.0 Å². The topological polar surface area (TPSA) is 91.6 Å². The van der Waals surface area contributed by atoms with Gasteiger partial charge in [-0.2, -0.15) is 0 Å². The van der Waals surface area contributed by atoms with Gasteiger partial charge in [-0.25, -0.2) is 4.79 Å².